The Labute approximate surface area is 228 Å². The number of nitrogens with one attached hydrogen (secondary N) is 1. The molecule has 4 rings (SSSR count). The van der Waals surface area contributed by atoms with Gasteiger partial charge in [0.1, 0.15) is 5.54 Å². The zero-order valence-electron chi connectivity index (χ0n) is 18.0. The first-order valence-electron chi connectivity index (χ1n) is 10.3. The Morgan fingerprint density at radius 3 is 1.50 bits per heavy atom. The van der Waals surface area contributed by atoms with Crippen LogP contribution in [0.1, 0.15) is 27.0 Å². The fraction of sp³-hybridized carbons (Fsp3) is 0.0741. The molecule has 0 bridgehead atoms. The molecule has 0 aromatic heterocycles. The molecule has 3 N–H and O–H groups in total. The molecular weight excluding hydrogens is 602 g/mol. The minimum Gasteiger partial charge on any atom is -0.399 e. The van der Waals surface area contributed by atoms with E-state index in [0.717, 1.165) is 20.3 Å². The molecule has 4 aromatic rings. The van der Waals surface area contributed by atoms with Crippen LogP contribution in [0.5, 0.6) is 0 Å². The molecule has 0 aliphatic carbocycles. The van der Waals surface area contributed by atoms with E-state index in [1.54, 1.807) is 12.1 Å². The number of hydrogen-bond acceptors (Lipinski definition) is 2. The van der Waals surface area contributed by atoms with Crippen molar-refractivity contribution in [1.82, 2.24) is 5.32 Å². The molecule has 0 aliphatic rings. The summed E-state index contributed by atoms with van der Waals surface area (Å²) in [5.41, 5.74) is 9.19. The number of rotatable bonds is 5. The van der Waals surface area contributed by atoms with Crippen LogP contribution in [0.4, 0.5) is 5.69 Å². The van der Waals surface area contributed by atoms with E-state index >= 15 is 0 Å². The Balaban J connectivity index is 0.000000751. The van der Waals surface area contributed by atoms with E-state index in [9.17, 15) is 4.79 Å². The molecule has 0 unspecified atom stereocenters. The SMILES string of the molecule is ClC(Cl)Cl.Nc1ccc(I)c(C(=O)NC(c2ccccc2)(c2ccccc2)c2ccccc2)c1. The van der Waals surface area contributed by atoms with Crippen molar-refractivity contribution in [1.29, 1.82) is 0 Å². The highest BCUT2D eigenvalue weighted by molar-refractivity contribution is 14.1. The maximum Gasteiger partial charge on any atom is 0.253 e. The average molecular weight is 624 g/mol. The summed E-state index contributed by atoms with van der Waals surface area (Å²) in [6.45, 7) is 0. The molecule has 4 aromatic carbocycles. The van der Waals surface area contributed by atoms with E-state index in [-0.39, 0.29) is 5.91 Å². The van der Waals surface area contributed by atoms with Gasteiger partial charge in [-0.1, -0.05) is 126 Å². The summed E-state index contributed by atoms with van der Waals surface area (Å²) in [6.07, 6.45) is 0. The van der Waals surface area contributed by atoms with Crippen LogP contribution in [0.15, 0.2) is 109 Å². The second kappa shape index (κ2) is 12.5. The first-order valence-corrected chi connectivity index (χ1v) is 12.7. The minimum absolute atomic E-state index is 0.178. The van der Waals surface area contributed by atoms with Crippen LogP contribution >= 0.6 is 57.4 Å². The van der Waals surface area contributed by atoms with Gasteiger partial charge in [-0.25, -0.2) is 0 Å². The van der Waals surface area contributed by atoms with Crippen molar-refractivity contribution in [2.24, 2.45) is 0 Å². The van der Waals surface area contributed by atoms with E-state index in [0.29, 0.717) is 11.3 Å². The standard InChI is InChI=1S/C26H21IN2O.CHCl3/c27-24-17-16-22(28)18-23(24)25(30)29-26(19-10-4-1-5-11-19,20-12-6-2-7-13-20)21-14-8-3-9-15-21;2-1(3)4/h1-18H,28H2,(H,29,30);1H. The van der Waals surface area contributed by atoms with Crippen molar-refractivity contribution >= 4 is 69.0 Å². The predicted molar refractivity (Wildman–Crippen MR) is 152 cm³/mol. The number of nitrogen functional groups attached to an aromatic ring is 1. The van der Waals surface area contributed by atoms with Gasteiger partial charge in [-0.05, 0) is 57.5 Å². The largest absolute Gasteiger partial charge is 0.399 e. The number of carbonyl (C=O) groups is 1. The molecule has 174 valence electrons. The fourth-order valence-corrected chi connectivity index (χ4v) is 4.32. The van der Waals surface area contributed by atoms with Crippen molar-refractivity contribution < 1.29 is 4.79 Å². The third kappa shape index (κ3) is 6.45. The van der Waals surface area contributed by atoms with Crippen molar-refractivity contribution in [3.05, 3.63) is 135 Å². The van der Waals surface area contributed by atoms with Crippen molar-refractivity contribution in [3.63, 3.8) is 0 Å². The van der Waals surface area contributed by atoms with Crippen LogP contribution in [-0.2, 0) is 5.54 Å². The number of amides is 1. The molecule has 0 heterocycles. The maximum atomic E-state index is 13.6. The number of nitrogens with two attached hydrogens (primary N) is 1. The number of benzene rings is 4. The lowest BCUT2D eigenvalue weighted by Gasteiger charge is -2.37. The molecule has 0 saturated carbocycles. The summed E-state index contributed by atoms with van der Waals surface area (Å²) in [7, 11) is 0. The lowest BCUT2D eigenvalue weighted by atomic mass is 9.77. The Hall–Kier alpha value is -2.25. The van der Waals surface area contributed by atoms with Gasteiger partial charge < -0.3 is 11.1 Å². The van der Waals surface area contributed by atoms with Crippen LogP contribution in [-0.4, -0.2) is 10.2 Å². The number of halogens is 4. The maximum absolute atomic E-state index is 13.6. The molecule has 0 atom stereocenters. The van der Waals surface area contributed by atoms with Crippen LogP contribution in [0, 0.1) is 3.57 Å². The van der Waals surface area contributed by atoms with E-state index in [2.05, 4.69) is 27.9 Å². The Bertz CT molecular complexity index is 1110. The van der Waals surface area contributed by atoms with Gasteiger partial charge in [0.15, 0.2) is 4.30 Å². The molecule has 34 heavy (non-hydrogen) atoms. The summed E-state index contributed by atoms with van der Waals surface area (Å²) in [4.78, 5) is 13.6. The second-order valence-corrected chi connectivity index (χ2v) is 10.4. The Morgan fingerprint density at radius 2 is 1.12 bits per heavy atom. The van der Waals surface area contributed by atoms with Gasteiger partial charge in [0.25, 0.3) is 5.91 Å². The summed E-state index contributed by atoms with van der Waals surface area (Å²) in [6, 6.07) is 35.6. The molecule has 0 fully saturated rings. The van der Waals surface area contributed by atoms with Crippen LogP contribution in [0.25, 0.3) is 0 Å². The van der Waals surface area contributed by atoms with Gasteiger partial charge in [-0.3, -0.25) is 4.79 Å². The van der Waals surface area contributed by atoms with Crippen molar-refractivity contribution in [2.75, 3.05) is 5.73 Å². The van der Waals surface area contributed by atoms with Crippen LogP contribution in [0.2, 0.25) is 0 Å². The summed E-state index contributed by atoms with van der Waals surface area (Å²) >= 11 is 16.6. The van der Waals surface area contributed by atoms with Gasteiger partial charge in [-0.2, -0.15) is 0 Å². The molecule has 7 heteroatoms. The normalized spacial score (nSPS) is 10.9. The number of carbonyl (C=O) groups excluding carboxylic acids is 1. The summed E-state index contributed by atoms with van der Waals surface area (Å²) < 4.78 is 0.0994. The number of alkyl halides is 3. The van der Waals surface area contributed by atoms with Gasteiger partial charge in [-0.15, -0.1) is 0 Å². The molecule has 0 aliphatic heterocycles. The number of hydrogen-bond donors (Lipinski definition) is 2. The van der Waals surface area contributed by atoms with Gasteiger partial charge in [0.2, 0.25) is 0 Å². The highest BCUT2D eigenvalue weighted by Gasteiger charge is 2.38. The Kier molecular flexibility index (Phi) is 9.65. The van der Waals surface area contributed by atoms with E-state index in [1.807, 2.05) is 97.1 Å². The molecule has 0 spiro atoms. The zero-order valence-corrected chi connectivity index (χ0v) is 22.4. The van der Waals surface area contributed by atoms with E-state index in [4.69, 9.17) is 40.5 Å². The Morgan fingerprint density at radius 1 is 0.735 bits per heavy atom. The first kappa shape index (κ1) is 26.4. The van der Waals surface area contributed by atoms with Crippen LogP contribution < -0.4 is 11.1 Å². The average Bonchev–Trinajstić information content (AvgIpc) is 2.85. The number of anilines is 1. The first-order chi connectivity index (χ1) is 16.3. The van der Waals surface area contributed by atoms with Gasteiger partial charge in [0, 0.05) is 9.26 Å². The van der Waals surface area contributed by atoms with E-state index < -0.39 is 9.83 Å². The molecule has 0 radical (unpaired) electrons. The highest BCUT2D eigenvalue weighted by Crippen LogP contribution is 2.37. The molecule has 3 nitrogen and oxygen atoms in total. The molecule has 1 amide bonds. The highest BCUT2D eigenvalue weighted by atomic mass is 127. The monoisotopic (exact) mass is 622 g/mol. The fourth-order valence-electron chi connectivity index (χ4n) is 3.74. The van der Waals surface area contributed by atoms with Gasteiger partial charge in [0.05, 0.1) is 5.56 Å². The van der Waals surface area contributed by atoms with Gasteiger partial charge >= 0.3 is 0 Å². The summed E-state index contributed by atoms with van der Waals surface area (Å²) in [5, 5.41) is 3.36. The zero-order chi connectivity index (χ0) is 24.6. The molecule has 0 saturated heterocycles. The predicted octanol–water partition coefficient (Wildman–Crippen LogP) is 7.58. The van der Waals surface area contributed by atoms with Crippen LogP contribution in [0.3, 0.4) is 0 Å². The van der Waals surface area contributed by atoms with E-state index in [1.165, 1.54) is 0 Å². The lowest BCUT2D eigenvalue weighted by Crippen LogP contribution is -2.48. The smallest absolute Gasteiger partial charge is 0.253 e. The van der Waals surface area contributed by atoms with Crippen molar-refractivity contribution in [3.8, 4) is 0 Å². The third-order valence-corrected chi connectivity index (χ3v) is 6.10. The topological polar surface area (TPSA) is 55.1 Å². The third-order valence-electron chi connectivity index (χ3n) is 5.16. The second-order valence-electron chi connectivity index (χ2n) is 7.29. The summed E-state index contributed by atoms with van der Waals surface area (Å²) in [5.74, 6) is -0.178. The quantitative estimate of drug-likeness (QED) is 0.104. The lowest BCUT2D eigenvalue weighted by molar-refractivity contribution is 0.0924. The molecular formula is C27H22Cl3IN2O. The minimum atomic E-state index is -0.853. The van der Waals surface area contributed by atoms with Crippen molar-refractivity contribution in [2.45, 2.75) is 9.83 Å².